The van der Waals surface area contributed by atoms with Crippen LogP contribution in [-0.4, -0.2) is 28.7 Å². The summed E-state index contributed by atoms with van der Waals surface area (Å²) in [7, 11) is 0. The van der Waals surface area contributed by atoms with Crippen molar-refractivity contribution in [3.05, 3.63) is 0 Å². The number of hydrogen-bond donors (Lipinski definition) is 2. The van der Waals surface area contributed by atoms with Crippen LogP contribution in [0.2, 0.25) is 0 Å². The van der Waals surface area contributed by atoms with E-state index in [0.29, 0.717) is 19.3 Å². The summed E-state index contributed by atoms with van der Waals surface area (Å²) in [5.74, 6) is -2.88. The Balaban J connectivity index is 1.86. The standard InChI is InChI=1S/C9H10F3NO3/c10-9(11,12)6(16)13-8-2-7(3-8,4-8)1-5(14)15/h1-4H2,(H,13,16)(H,14,15). The summed E-state index contributed by atoms with van der Waals surface area (Å²) in [4.78, 5) is 21.1. The van der Waals surface area contributed by atoms with Gasteiger partial charge in [-0.15, -0.1) is 0 Å². The molecule has 3 fully saturated rings. The van der Waals surface area contributed by atoms with Gasteiger partial charge in [-0.05, 0) is 24.7 Å². The van der Waals surface area contributed by atoms with Gasteiger partial charge in [0.2, 0.25) is 0 Å². The number of amides is 1. The van der Waals surface area contributed by atoms with E-state index in [1.165, 1.54) is 0 Å². The number of rotatable bonds is 3. The maximum Gasteiger partial charge on any atom is 0.471 e. The molecular formula is C9H10F3NO3. The first-order valence-corrected chi connectivity index (χ1v) is 4.78. The Bertz CT molecular complexity index is 344. The third kappa shape index (κ3) is 1.64. The molecule has 0 aliphatic heterocycles. The number of carbonyl (C=O) groups is 2. The number of halogens is 3. The van der Waals surface area contributed by atoms with Crippen molar-refractivity contribution in [2.24, 2.45) is 5.41 Å². The molecule has 3 rings (SSSR count). The molecule has 16 heavy (non-hydrogen) atoms. The fraction of sp³-hybridized carbons (Fsp3) is 0.778. The van der Waals surface area contributed by atoms with Crippen molar-refractivity contribution in [1.82, 2.24) is 5.32 Å². The lowest BCUT2D eigenvalue weighted by Gasteiger charge is -2.70. The average Bonchev–Trinajstić information content (AvgIpc) is 1.94. The molecule has 2 bridgehead atoms. The highest BCUT2D eigenvalue weighted by Crippen LogP contribution is 2.69. The van der Waals surface area contributed by atoms with Crippen LogP contribution in [0.15, 0.2) is 0 Å². The second-order valence-corrected chi connectivity index (χ2v) is 4.83. The Hall–Kier alpha value is -1.27. The molecule has 4 nitrogen and oxygen atoms in total. The van der Waals surface area contributed by atoms with E-state index in [1.54, 1.807) is 0 Å². The highest BCUT2D eigenvalue weighted by Gasteiger charge is 2.69. The Labute approximate surface area is 88.8 Å². The molecule has 0 radical (unpaired) electrons. The van der Waals surface area contributed by atoms with Gasteiger partial charge in [-0.2, -0.15) is 13.2 Å². The van der Waals surface area contributed by atoms with Crippen LogP contribution in [-0.2, 0) is 9.59 Å². The molecule has 0 aromatic rings. The summed E-state index contributed by atoms with van der Waals surface area (Å²) in [6.45, 7) is 0. The van der Waals surface area contributed by atoms with Crippen molar-refractivity contribution in [2.75, 3.05) is 0 Å². The number of aliphatic carboxylic acids is 1. The van der Waals surface area contributed by atoms with E-state index in [4.69, 9.17) is 5.11 Å². The number of nitrogens with one attached hydrogen (secondary N) is 1. The zero-order chi connectivity index (χ0) is 12.2. The Morgan fingerprint density at radius 1 is 1.25 bits per heavy atom. The summed E-state index contributed by atoms with van der Waals surface area (Å²) in [5, 5.41) is 10.5. The monoisotopic (exact) mass is 237 g/mol. The van der Waals surface area contributed by atoms with Crippen LogP contribution in [0, 0.1) is 5.41 Å². The molecule has 0 unspecified atom stereocenters. The Morgan fingerprint density at radius 3 is 2.12 bits per heavy atom. The van der Waals surface area contributed by atoms with Crippen LogP contribution in [0.1, 0.15) is 25.7 Å². The molecule has 90 valence electrons. The summed E-state index contributed by atoms with van der Waals surface area (Å²) in [6, 6.07) is 0. The van der Waals surface area contributed by atoms with E-state index in [-0.39, 0.29) is 11.8 Å². The first-order valence-electron chi connectivity index (χ1n) is 4.78. The van der Waals surface area contributed by atoms with Gasteiger partial charge in [0.05, 0.1) is 6.42 Å². The first kappa shape index (κ1) is 11.2. The second-order valence-electron chi connectivity index (χ2n) is 4.83. The van der Waals surface area contributed by atoms with Gasteiger partial charge in [-0.25, -0.2) is 0 Å². The number of alkyl halides is 3. The van der Waals surface area contributed by atoms with E-state index in [9.17, 15) is 22.8 Å². The summed E-state index contributed by atoms with van der Waals surface area (Å²) in [6.07, 6.45) is -3.87. The van der Waals surface area contributed by atoms with Crippen LogP contribution < -0.4 is 5.32 Å². The SMILES string of the molecule is O=C(O)CC12CC(NC(=O)C(F)(F)F)(C1)C2. The molecule has 1 amide bonds. The highest BCUT2D eigenvalue weighted by molar-refractivity contribution is 5.83. The highest BCUT2D eigenvalue weighted by atomic mass is 19.4. The maximum atomic E-state index is 12.0. The largest absolute Gasteiger partial charge is 0.481 e. The topological polar surface area (TPSA) is 66.4 Å². The van der Waals surface area contributed by atoms with Gasteiger partial charge in [0.25, 0.3) is 0 Å². The predicted octanol–water partition coefficient (Wildman–Crippen LogP) is 1.06. The van der Waals surface area contributed by atoms with E-state index >= 15 is 0 Å². The Kier molecular flexibility index (Phi) is 2.03. The van der Waals surface area contributed by atoms with Crippen molar-refractivity contribution in [2.45, 2.75) is 37.4 Å². The lowest BCUT2D eigenvalue weighted by atomic mass is 9.38. The molecule has 0 atom stereocenters. The number of carboxylic acid groups (broad SMARTS) is 1. The second kappa shape index (κ2) is 2.89. The van der Waals surface area contributed by atoms with E-state index < -0.39 is 23.6 Å². The van der Waals surface area contributed by atoms with Crippen LogP contribution in [0.4, 0.5) is 13.2 Å². The molecule has 0 saturated heterocycles. The van der Waals surface area contributed by atoms with Crippen molar-refractivity contribution in [1.29, 1.82) is 0 Å². The fourth-order valence-electron chi connectivity index (χ4n) is 2.95. The fourth-order valence-corrected chi connectivity index (χ4v) is 2.95. The van der Waals surface area contributed by atoms with Crippen LogP contribution in [0.25, 0.3) is 0 Å². The maximum absolute atomic E-state index is 12.0. The lowest BCUT2D eigenvalue weighted by molar-refractivity contribution is -0.200. The zero-order valence-corrected chi connectivity index (χ0v) is 8.23. The summed E-state index contributed by atoms with van der Waals surface area (Å²) < 4.78 is 35.9. The van der Waals surface area contributed by atoms with Gasteiger partial charge in [-0.3, -0.25) is 9.59 Å². The van der Waals surface area contributed by atoms with Crippen LogP contribution in [0.5, 0.6) is 0 Å². The third-order valence-corrected chi connectivity index (χ3v) is 3.30. The van der Waals surface area contributed by atoms with E-state index in [0.717, 1.165) is 0 Å². The van der Waals surface area contributed by atoms with Crippen molar-refractivity contribution >= 4 is 11.9 Å². The average molecular weight is 237 g/mol. The molecule has 3 aliphatic carbocycles. The van der Waals surface area contributed by atoms with Crippen LogP contribution >= 0.6 is 0 Å². The van der Waals surface area contributed by atoms with Crippen molar-refractivity contribution in [3.8, 4) is 0 Å². The minimum Gasteiger partial charge on any atom is -0.481 e. The molecule has 0 aromatic carbocycles. The first-order chi connectivity index (χ1) is 7.17. The number of carboxylic acids is 1. The normalized spacial score (nSPS) is 35.9. The molecule has 2 N–H and O–H groups in total. The molecule has 7 heteroatoms. The molecule has 0 aromatic heterocycles. The van der Waals surface area contributed by atoms with E-state index in [2.05, 4.69) is 0 Å². The summed E-state index contributed by atoms with van der Waals surface area (Å²) >= 11 is 0. The minimum atomic E-state index is -4.87. The quantitative estimate of drug-likeness (QED) is 0.771. The van der Waals surface area contributed by atoms with Crippen molar-refractivity contribution < 1.29 is 27.9 Å². The molecule has 3 aliphatic rings. The Morgan fingerprint density at radius 2 is 1.75 bits per heavy atom. The predicted molar refractivity (Wildman–Crippen MR) is 45.5 cm³/mol. The molecular weight excluding hydrogens is 227 g/mol. The van der Waals surface area contributed by atoms with Gasteiger partial charge in [0, 0.05) is 5.54 Å². The van der Waals surface area contributed by atoms with Crippen LogP contribution in [0.3, 0.4) is 0 Å². The zero-order valence-electron chi connectivity index (χ0n) is 8.23. The molecule has 0 spiro atoms. The number of carbonyl (C=O) groups excluding carboxylic acids is 1. The molecule has 0 heterocycles. The van der Waals surface area contributed by atoms with Gasteiger partial charge in [0.15, 0.2) is 0 Å². The number of hydrogen-bond acceptors (Lipinski definition) is 2. The summed E-state index contributed by atoms with van der Waals surface area (Å²) in [5.41, 5.74) is -1.16. The molecule has 3 saturated carbocycles. The lowest BCUT2D eigenvalue weighted by Crippen LogP contribution is -2.75. The third-order valence-electron chi connectivity index (χ3n) is 3.30. The van der Waals surface area contributed by atoms with Gasteiger partial charge in [-0.1, -0.05) is 0 Å². The van der Waals surface area contributed by atoms with E-state index in [1.807, 2.05) is 5.32 Å². The van der Waals surface area contributed by atoms with Gasteiger partial charge >= 0.3 is 18.1 Å². The van der Waals surface area contributed by atoms with Gasteiger partial charge < -0.3 is 10.4 Å². The van der Waals surface area contributed by atoms with Crippen molar-refractivity contribution in [3.63, 3.8) is 0 Å². The van der Waals surface area contributed by atoms with Gasteiger partial charge in [0.1, 0.15) is 0 Å². The minimum absolute atomic E-state index is 0.0311. The smallest absolute Gasteiger partial charge is 0.471 e.